The zero-order chi connectivity index (χ0) is 44.5. The molecule has 0 amide bonds. The van der Waals surface area contributed by atoms with Crippen LogP contribution in [0.1, 0.15) is 11.1 Å². The fraction of sp³-hybridized carbons (Fsp3) is 0.0638. The van der Waals surface area contributed by atoms with Gasteiger partial charge in [0.05, 0.1) is 0 Å². The van der Waals surface area contributed by atoms with Gasteiger partial charge in [-0.3, -0.25) is 4.55 Å². The minimum atomic E-state index is -5.84. The van der Waals surface area contributed by atoms with Crippen molar-refractivity contribution in [2.75, 3.05) is 0 Å². The third-order valence-corrected chi connectivity index (χ3v) is 18.0. The molecule has 319 valence electrons. The summed E-state index contributed by atoms with van der Waals surface area (Å²) in [6.45, 7) is 0. The van der Waals surface area contributed by atoms with Crippen molar-refractivity contribution in [2.45, 2.75) is 17.8 Å². The van der Waals surface area contributed by atoms with E-state index in [9.17, 15) is 23.4 Å². The Morgan fingerprint density at radius 2 is 0.762 bits per heavy atom. The van der Waals surface area contributed by atoms with E-state index in [2.05, 4.69) is 31.9 Å². The van der Waals surface area contributed by atoms with Crippen molar-refractivity contribution in [1.29, 1.82) is 0 Å². The summed E-state index contributed by atoms with van der Waals surface area (Å²) < 4.78 is 90.0. The molecule has 0 bridgehead atoms. The molecule has 0 saturated heterocycles. The Labute approximate surface area is 389 Å². The number of fused-ring (bicyclic) bond motifs is 2. The van der Waals surface area contributed by atoms with Crippen molar-refractivity contribution in [1.82, 2.24) is 0 Å². The summed E-state index contributed by atoms with van der Waals surface area (Å²) in [5, 5.41) is 30.9. The quantitative estimate of drug-likeness (QED) is 0.0568. The second kappa shape index (κ2) is 19.3. The van der Waals surface area contributed by atoms with Gasteiger partial charge >= 0.3 is 15.6 Å². The summed E-state index contributed by atoms with van der Waals surface area (Å²) in [6.07, 6.45) is 0.0902. The maximum Gasteiger partial charge on any atom is 0.522 e. The van der Waals surface area contributed by atoms with Crippen molar-refractivity contribution < 1.29 is 45.5 Å². The molecule has 0 fully saturated rings. The number of alkyl halides is 3. The number of hydrogen-bond acceptors (Lipinski definition) is 6. The van der Waals surface area contributed by atoms with Crippen LogP contribution in [0.3, 0.4) is 0 Å². The van der Waals surface area contributed by atoms with Crippen LogP contribution < -0.4 is 21.2 Å². The number of phenolic OH excluding ortho intramolecular Hbond substituents is 2. The van der Waals surface area contributed by atoms with Gasteiger partial charge in [-0.05, 0) is 57.9 Å². The van der Waals surface area contributed by atoms with Gasteiger partial charge in [0, 0.05) is 82.1 Å². The fourth-order valence-electron chi connectivity index (χ4n) is 7.42. The minimum Gasteiger partial charge on any atom is -0.507 e. The van der Waals surface area contributed by atoms with Gasteiger partial charge in [0.25, 0.3) is 0 Å². The fourth-order valence-corrected chi connectivity index (χ4v) is 13.6. The van der Waals surface area contributed by atoms with Crippen LogP contribution in [-0.2, 0) is 31.6 Å². The lowest BCUT2D eigenvalue weighted by Gasteiger charge is -2.24. The first kappa shape index (κ1) is 48.0. The molecule has 3 N–H and O–H groups in total. The van der Waals surface area contributed by atoms with E-state index in [0.29, 0.717) is 54.2 Å². The summed E-state index contributed by atoms with van der Waals surface area (Å²) in [7, 11) is -12.5. The molecule has 0 aliphatic carbocycles. The number of halogens is 5. The predicted molar refractivity (Wildman–Crippen MR) is 256 cm³/mol. The highest BCUT2D eigenvalue weighted by Crippen LogP contribution is 2.55. The van der Waals surface area contributed by atoms with E-state index in [1.165, 1.54) is 0 Å². The number of phenols is 2. The Hall–Kier alpha value is -4.47. The Morgan fingerprint density at radius 1 is 0.492 bits per heavy atom. The van der Waals surface area contributed by atoms with E-state index >= 15 is 9.13 Å². The van der Waals surface area contributed by atoms with Crippen LogP contribution >= 0.6 is 46.1 Å². The SMILES string of the molecule is O=P(Cc1cc2cc(Br)ccc2c(-c2c(O)c(CP(=O)(c3ccccc3)c3ccccc3)cc3cc(Br)ccc23)c1O)(c1ccccc1)c1ccccc1.O=S(=O)(O)C(F)(F)F.[Al]. The number of rotatable bonds is 9. The highest BCUT2D eigenvalue weighted by Gasteiger charge is 2.44. The lowest BCUT2D eigenvalue weighted by molar-refractivity contribution is -0.0510. The zero-order valence-electron chi connectivity index (χ0n) is 32.8. The number of hydrogen-bond donors (Lipinski definition) is 3. The smallest absolute Gasteiger partial charge is 0.507 e. The Morgan fingerprint density at radius 3 is 1.02 bits per heavy atom. The zero-order valence-corrected chi connectivity index (χ0v) is 39.8. The van der Waals surface area contributed by atoms with E-state index in [1.807, 2.05) is 170 Å². The third kappa shape index (κ3) is 10.1. The summed E-state index contributed by atoms with van der Waals surface area (Å²) in [5.74, 6) is -0.134. The molecular weight excluding hydrogens is 1010 g/mol. The molecule has 0 atom stereocenters. The summed E-state index contributed by atoms with van der Waals surface area (Å²) in [4.78, 5) is 0. The molecule has 0 saturated carbocycles. The average molecular weight is 1050 g/mol. The Bertz CT molecular complexity index is 2870. The van der Waals surface area contributed by atoms with Gasteiger partial charge in [0.1, 0.15) is 25.8 Å². The van der Waals surface area contributed by atoms with Crippen molar-refractivity contribution in [3.63, 3.8) is 0 Å². The second-order valence-electron chi connectivity index (χ2n) is 14.3. The monoisotopic (exact) mass is 1050 g/mol. The van der Waals surface area contributed by atoms with Crippen LogP contribution in [0.5, 0.6) is 11.5 Å². The van der Waals surface area contributed by atoms with Gasteiger partial charge in [-0.1, -0.05) is 165 Å². The third-order valence-electron chi connectivity index (χ3n) is 10.3. The van der Waals surface area contributed by atoms with Gasteiger partial charge < -0.3 is 19.3 Å². The van der Waals surface area contributed by atoms with Gasteiger partial charge in [-0.2, -0.15) is 21.6 Å². The number of benzene rings is 8. The molecule has 8 aromatic rings. The largest absolute Gasteiger partial charge is 0.522 e. The van der Waals surface area contributed by atoms with E-state index in [0.717, 1.165) is 19.7 Å². The topological polar surface area (TPSA) is 129 Å². The van der Waals surface area contributed by atoms with Crippen molar-refractivity contribution in [3.05, 3.63) is 190 Å². The normalized spacial score (nSPS) is 12.0. The molecule has 0 unspecified atom stereocenters. The summed E-state index contributed by atoms with van der Waals surface area (Å²) in [5.41, 5.74) is -3.72. The Balaban J connectivity index is 0.000000671. The summed E-state index contributed by atoms with van der Waals surface area (Å²) in [6, 6.07) is 53.0. The van der Waals surface area contributed by atoms with E-state index in [-0.39, 0.29) is 41.2 Å². The van der Waals surface area contributed by atoms with Crippen LogP contribution in [0.15, 0.2) is 179 Å². The molecule has 63 heavy (non-hydrogen) atoms. The predicted octanol–water partition coefficient (Wildman–Crippen LogP) is 11.6. The van der Waals surface area contributed by atoms with Gasteiger partial charge in [0.15, 0.2) is 0 Å². The van der Waals surface area contributed by atoms with Crippen LogP contribution in [0, 0.1) is 0 Å². The lowest BCUT2D eigenvalue weighted by Crippen LogP contribution is -2.21. The molecular formula is C47H35AlBr2F3O7P2S. The maximum atomic E-state index is 15.4. The second-order valence-corrected chi connectivity index (χ2v) is 23.2. The molecule has 0 aliphatic rings. The average Bonchev–Trinajstić information content (AvgIpc) is 3.25. The van der Waals surface area contributed by atoms with Gasteiger partial charge in [-0.15, -0.1) is 0 Å². The van der Waals surface area contributed by atoms with Crippen LogP contribution in [-0.4, -0.2) is 46.1 Å². The van der Waals surface area contributed by atoms with Crippen molar-refractivity contribution in [2.24, 2.45) is 0 Å². The molecule has 8 rings (SSSR count). The summed E-state index contributed by atoms with van der Waals surface area (Å²) >= 11 is 7.28. The standard InChI is InChI=1S/C46H34Br2O4P2.CHF3O3S.Al/c47-35-21-23-41-31(27-35)25-33(29-53(51,37-13-5-1-6-14-37)38-15-7-2-8-16-38)45(49)43(41)44-42-24-22-36(48)28-32(42)26-34(46(44)50)30-54(52,39-17-9-3-10-18-39)40-19-11-4-12-20-40;2-1(3,4)8(5,6)7;/h1-28,49-50H,29-30H2;(H,5,6,7);. The molecule has 3 radical (unpaired) electrons. The lowest BCUT2D eigenvalue weighted by atomic mass is 9.89. The minimum absolute atomic E-state index is 0. The molecule has 7 nitrogen and oxygen atoms in total. The first-order valence-electron chi connectivity index (χ1n) is 18.7. The molecule has 8 aromatic carbocycles. The first-order valence-corrected chi connectivity index (χ1v) is 25.5. The van der Waals surface area contributed by atoms with E-state index < -0.39 is 29.9 Å². The Kier molecular flexibility index (Phi) is 14.7. The number of aromatic hydroxyl groups is 2. The van der Waals surface area contributed by atoms with Crippen LogP contribution in [0.2, 0.25) is 0 Å². The molecule has 16 heteroatoms. The van der Waals surface area contributed by atoms with Crippen LogP contribution in [0.4, 0.5) is 13.2 Å². The molecule has 0 spiro atoms. The van der Waals surface area contributed by atoms with Gasteiger partial charge in [-0.25, -0.2) is 0 Å². The molecule has 0 aliphatic heterocycles. The first-order chi connectivity index (χ1) is 29.4. The van der Waals surface area contributed by atoms with Gasteiger partial charge in [0.2, 0.25) is 0 Å². The van der Waals surface area contributed by atoms with E-state index in [4.69, 9.17) is 13.0 Å². The highest BCUT2D eigenvalue weighted by molar-refractivity contribution is 9.10. The van der Waals surface area contributed by atoms with Crippen LogP contribution in [0.25, 0.3) is 32.7 Å². The molecule has 0 aromatic heterocycles. The molecule has 0 heterocycles. The van der Waals surface area contributed by atoms with Crippen molar-refractivity contribution >= 4 is 116 Å². The highest BCUT2D eigenvalue weighted by atomic mass is 79.9. The maximum absolute atomic E-state index is 15.4. The van der Waals surface area contributed by atoms with E-state index in [1.54, 1.807) is 0 Å². The van der Waals surface area contributed by atoms with Crippen molar-refractivity contribution in [3.8, 4) is 22.6 Å².